The molecule has 0 heterocycles. The maximum atomic E-state index is 6.13. The molecule has 4 nitrogen and oxygen atoms in total. The largest absolute Gasteiger partial charge is 0.383 e. The van der Waals surface area contributed by atoms with Crippen LogP contribution in [-0.2, 0) is 16.0 Å². The van der Waals surface area contributed by atoms with Crippen LogP contribution in [0.3, 0.4) is 0 Å². The molecule has 0 unspecified atom stereocenters. The molecule has 0 bridgehead atoms. The van der Waals surface area contributed by atoms with E-state index in [4.69, 9.17) is 21.1 Å². The normalized spacial score (nSPS) is 11.1. The maximum absolute atomic E-state index is 6.13. The van der Waals surface area contributed by atoms with Crippen molar-refractivity contribution < 1.29 is 9.47 Å². The molecule has 0 radical (unpaired) electrons. The van der Waals surface area contributed by atoms with Crippen LogP contribution in [0.25, 0.3) is 0 Å². The van der Waals surface area contributed by atoms with Gasteiger partial charge in [-0.05, 0) is 31.5 Å². The summed E-state index contributed by atoms with van der Waals surface area (Å²) >= 11 is 6.13. The van der Waals surface area contributed by atoms with Crippen molar-refractivity contribution >= 4 is 17.3 Å². The van der Waals surface area contributed by atoms with Crippen LogP contribution in [0.4, 0.5) is 5.69 Å². The minimum absolute atomic E-state index is 0.257. The maximum Gasteiger partial charge on any atom is 0.0644 e. The van der Waals surface area contributed by atoms with E-state index in [1.54, 1.807) is 7.11 Å². The first kappa shape index (κ1) is 18.2. The summed E-state index contributed by atoms with van der Waals surface area (Å²) in [6, 6.07) is 6.00. The summed E-state index contributed by atoms with van der Waals surface area (Å²) in [5.74, 6) is 0. The van der Waals surface area contributed by atoms with Gasteiger partial charge in [0.2, 0.25) is 0 Å². The van der Waals surface area contributed by atoms with Gasteiger partial charge in [0.1, 0.15) is 0 Å². The zero-order chi connectivity index (χ0) is 15.7. The number of methoxy groups -OCH3 is 1. The molecule has 21 heavy (non-hydrogen) atoms. The summed E-state index contributed by atoms with van der Waals surface area (Å²) in [4.78, 5) is 2.18. The van der Waals surface area contributed by atoms with Gasteiger partial charge in [0.05, 0.1) is 19.3 Å². The van der Waals surface area contributed by atoms with E-state index in [-0.39, 0.29) is 6.10 Å². The molecule has 0 atom stereocenters. The Balaban J connectivity index is 2.62. The van der Waals surface area contributed by atoms with Crippen LogP contribution in [0.1, 0.15) is 19.4 Å². The summed E-state index contributed by atoms with van der Waals surface area (Å²) in [5.41, 5.74) is 2.36. The van der Waals surface area contributed by atoms with E-state index in [9.17, 15) is 0 Å². The van der Waals surface area contributed by atoms with Gasteiger partial charge in [-0.3, -0.25) is 0 Å². The second-order valence-corrected chi connectivity index (χ2v) is 5.72. The molecule has 1 rings (SSSR count). The van der Waals surface area contributed by atoms with Crippen molar-refractivity contribution in [3.8, 4) is 0 Å². The van der Waals surface area contributed by atoms with E-state index in [0.29, 0.717) is 13.2 Å². The fourth-order valence-electron chi connectivity index (χ4n) is 1.98. The van der Waals surface area contributed by atoms with E-state index < -0.39 is 0 Å². The Morgan fingerprint density at radius 2 is 2.05 bits per heavy atom. The Bertz CT molecular complexity index is 413. The second-order valence-electron chi connectivity index (χ2n) is 5.28. The third-order valence-corrected chi connectivity index (χ3v) is 3.37. The van der Waals surface area contributed by atoms with E-state index in [2.05, 4.69) is 23.3 Å². The van der Waals surface area contributed by atoms with Gasteiger partial charge in [-0.15, -0.1) is 0 Å². The summed E-state index contributed by atoms with van der Waals surface area (Å²) in [5, 5.41) is 4.12. The second kappa shape index (κ2) is 10.0. The van der Waals surface area contributed by atoms with Crippen LogP contribution < -0.4 is 10.2 Å². The van der Waals surface area contributed by atoms with Gasteiger partial charge in [0, 0.05) is 44.5 Å². The number of likely N-dealkylation sites (N-methyl/N-ethyl adjacent to an activating group) is 1. The molecule has 0 amide bonds. The first-order valence-electron chi connectivity index (χ1n) is 7.35. The lowest BCUT2D eigenvalue weighted by atomic mass is 10.1. The smallest absolute Gasteiger partial charge is 0.0644 e. The molecule has 0 aliphatic carbocycles. The Labute approximate surface area is 133 Å². The zero-order valence-corrected chi connectivity index (χ0v) is 14.2. The topological polar surface area (TPSA) is 33.7 Å². The minimum atomic E-state index is 0.257. The Morgan fingerprint density at radius 1 is 1.29 bits per heavy atom. The lowest BCUT2D eigenvalue weighted by Crippen LogP contribution is -2.26. The molecule has 0 saturated carbocycles. The van der Waals surface area contributed by atoms with E-state index in [1.165, 1.54) is 5.56 Å². The first-order valence-corrected chi connectivity index (χ1v) is 7.73. The molecule has 0 saturated heterocycles. The van der Waals surface area contributed by atoms with Gasteiger partial charge < -0.3 is 19.7 Å². The van der Waals surface area contributed by atoms with Crippen molar-refractivity contribution in [1.82, 2.24) is 5.32 Å². The molecular formula is C16H27ClN2O2. The molecular weight excluding hydrogens is 288 g/mol. The molecule has 0 spiro atoms. The molecule has 1 N–H and O–H groups in total. The summed E-state index contributed by atoms with van der Waals surface area (Å²) in [7, 11) is 3.77. The number of hydrogen-bond acceptors (Lipinski definition) is 4. The van der Waals surface area contributed by atoms with Crippen molar-refractivity contribution in [3.63, 3.8) is 0 Å². The highest BCUT2D eigenvalue weighted by molar-refractivity contribution is 6.30. The number of hydrogen-bond donors (Lipinski definition) is 1. The fraction of sp³-hybridized carbons (Fsp3) is 0.625. The third kappa shape index (κ3) is 7.14. The number of rotatable bonds is 10. The number of benzene rings is 1. The van der Waals surface area contributed by atoms with Crippen LogP contribution >= 0.6 is 11.6 Å². The number of nitrogens with zero attached hydrogens (tertiary/aromatic N) is 1. The molecule has 0 fully saturated rings. The van der Waals surface area contributed by atoms with Crippen LogP contribution in [0, 0.1) is 0 Å². The monoisotopic (exact) mass is 314 g/mol. The number of ether oxygens (including phenoxy) is 2. The SMILES string of the molecule is COCCNCc1ccc(Cl)cc1N(C)CCOC(C)C. The number of halogens is 1. The highest BCUT2D eigenvalue weighted by Gasteiger charge is 2.08. The Morgan fingerprint density at radius 3 is 2.71 bits per heavy atom. The van der Waals surface area contributed by atoms with E-state index in [1.807, 2.05) is 26.0 Å². The molecule has 0 aliphatic rings. The molecule has 0 aliphatic heterocycles. The standard InChI is InChI=1S/C16H27ClN2O2/c1-13(2)21-10-8-19(3)16-11-15(17)6-5-14(16)12-18-7-9-20-4/h5-6,11,13,18H,7-10,12H2,1-4H3. The highest BCUT2D eigenvalue weighted by Crippen LogP contribution is 2.24. The predicted molar refractivity (Wildman–Crippen MR) is 89.4 cm³/mol. The Hall–Kier alpha value is -0.810. The van der Waals surface area contributed by atoms with E-state index in [0.717, 1.165) is 30.3 Å². The van der Waals surface area contributed by atoms with Crippen LogP contribution in [0.2, 0.25) is 5.02 Å². The van der Waals surface area contributed by atoms with Crippen molar-refractivity contribution in [2.75, 3.05) is 45.4 Å². The van der Waals surface area contributed by atoms with Crippen molar-refractivity contribution in [2.24, 2.45) is 0 Å². The average Bonchev–Trinajstić information content (AvgIpc) is 2.44. The van der Waals surface area contributed by atoms with Crippen molar-refractivity contribution in [2.45, 2.75) is 26.5 Å². The summed E-state index contributed by atoms with van der Waals surface area (Å²) in [6.07, 6.45) is 0.257. The quantitative estimate of drug-likeness (QED) is 0.673. The lowest BCUT2D eigenvalue weighted by molar-refractivity contribution is 0.0846. The lowest BCUT2D eigenvalue weighted by Gasteiger charge is -2.23. The molecule has 0 aromatic heterocycles. The van der Waals surface area contributed by atoms with E-state index >= 15 is 0 Å². The summed E-state index contributed by atoms with van der Waals surface area (Å²) < 4.78 is 10.7. The van der Waals surface area contributed by atoms with Gasteiger partial charge >= 0.3 is 0 Å². The van der Waals surface area contributed by atoms with Crippen LogP contribution in [0.15, 0.2) is 18.2 Å². The van der Waals surface area contributed by atoms with Gasteiger partial charge in [-0.2, -0.15) is 0 Å². The highest BCUT2D eigenvalue weighted by atomic mass is 35.5. The van der Waals surface area contributed by atoms with Crippen LogP contribution in [0.5, 0.6) is 0 Å². The van der Waals surface area contributed by atoms with Gasteiger partial charge in [0.25, 0.3) is 0 Å². The number of nitrogens with one attached hydrogen (secondary N) is 1. The van der Waals surface area contributed by atoms with Gasteiger partial charge in [-0.1, -0.05) is 17.7 Å². The Kier molecular flexibility index (Phi) is 8.69. The van der Waals surface area contributed by atoms with Crippen LogP contribution in [-0.4, -0.2) is 46.6 Å². The molecule has 1 aromatic carbocycles. The third-order valence-electron chi connectivity index (χ3n) is 3.13. The average molecular weight is 315 g/mol. The molecule has 5 heteroatoms. The zero-order valence-electron chi connectivity index (χ0n) is 13.5. The fourth-order valence-corrected chi connectivity index (χ4v) is 2.15. The molecule has 120 valence electrons. The first-order chi connectivity index (χ1) is 10.0. The number of anilines is 1. The molecule has 1 aromatic rings. The summed E-state index contributed by atoms with van der Waals surface area (Å²) in [6.45, 7) is 7.97. The minimum Gasteiger partial charge on any atom is -0.383 e. The van der Waals surface area contributed by atoms with Crippen molar-refractivity contribution in [1.29, 1.82) is 0 Å². The predicted octanol–water partition coefficient (Wildman–Crippen LogP) is 2.94. The van der Waals surface area contributed by atoms with Gasteiger partial charge in [0.15, 0.2) is 0 Å². The van der Waals surface area contributed by atoms with Crippen molar-refractivity contribution in [3.05, 3.63) is 28.8 Å². The van der Waals surface area contributed by atoms with Gasteiger partial charge in [-0.25, -0.2) is 0 Å².